The number of aryl methyl sites for hydroxylation is 1. The number of esters is 1. The second-order valence-electron chi connectivity index (χ2n) is 6.15. The second-order valence-corrected chi connectivity index (χ2v) is 6.56. The molecule has 0 atom stereocenters. The first-order chi connectivity index (χ1) is 13.5. The van der Waals surface area contributed by atoms with Crippen LogP contribution in [0.3, 0.4) is 0 Å². The van der Waals surface area contributed by atoms with Gasteiger partial charge in [-0.15, -0.1) is 0 Å². The van der Waals surface area contributed by atoms with Gasteiger partial charge in [0, 0.05) is 18.3 Å². The number of carbonyl (C=O) groups is 1. The summed E-state index contributed by atoms with van der Waals surface area (Å²) in [7, 11) is 0. The molecule has 2 aromatic heterocycles. The van der Waals surface area contributed by atoms with Crippen LogP contribution in [-0.2, 0) is 16.1 Å². The number of carbonyl (C=O) groups excluding carboxylic acids is 1. The normalized spacial score (nSPS) is 12.6. The summed E-state index contributed by atoms with van der Waals surface area (Å²) < 4.78 is 17.2. The van der Waals surface area contributed by atoms with Crippen molar-refractivity contribution in [2.24, 2.45) is 0 Å². The van der Waals surface area contributed by atoms with Gasteiger partial charge >= 0.3 is 5.97 Å². The minimum absolute atomic E-state index is 0.106. The number of pyridine rings is 1. The van der Waals surface area contributed by atoms with E-state index < -0.39 is 5.97 Å². The summed E-state index contributed by atoms with van der Waals surface area (Å²) in [5.74, 6) is 0.447. The molecule has 0 radical (unpaired) electrons. The molecule has 4 rings (SSSR count). The number of halogens is 1. The molecule has 28 heavy (non-hydrogen) atoms. The SMILES string of the molecule is Cc1cccn2c(=O)cc(COC(=O)/C=C/c3cc(Cl)c4c(c3)OCO4)nc12. The van der Waals surface area contributed by atoms with E-state index in [1.165, 1.54) is 16.5 Å². The van der Waals surface area contributed by atoms with Gasteiger partial charge in [-0.05, 0) is 42.3 Å². The first-order valence-electron chi connectivity index (χ1n) is 8.43. The molecule has 0 unspecified atom stereocenters. The zero-order chi connectivity index (χ0) is 19.7. The summed E-state index contributed by atoms with van der Waals surface area (Å²) in [5, 5.41) is 0.402. The molecule has 0 amide bonds. The van der Waals surface area contributed by atoms with Crippen molar-refractivity contribution < 1.29 is 19.0 Å². The highest BCUT2D eigenvalue weighted by Gasteiger charge is 2.17. The van der Waals surface area contributed by atoms with Gasteiger partial charge in [-0.2, -0.15) is 0 Å². The Balaban J connectivity index is 1.46. The lowest BCUT2D eigenvalue weighted by molar-refractivity contribution is -0.139. The molecule has 1 aliphatic heterocycles. The predicted octanol–water partition coefficient (Wildman–Crippen LogP) is 3.14. The molecular weight excluding hydrogens is 384 g/mol. The molecule has 8 heteroatoms. The number of hydrogen-bond acceptors (Lipinski definition) is 6. The Bertz CT molecular complexity index is 1170. The van der Waals surface area contributed by atoms with Crippen LogP contribution in [0.25, 0.3) is 11.7 Å². The van der Waals surface area contributed by atoms with Gasteiger partial charge in [-0.3, -0.25) is 9.20 Å². The highest BCUT2D eigenvalue weighted by Crippen LogP contribution is 2.40. The number of fused-ring (bicyclic) bond motifs is 2. The van der Waals surface area contributed by atoms with Crippen LogP contribution < -0.4 is 15.0 Å². The minimum atomic E-state index is -0.569. The van der Waals surface area contributed by atoms with Crippen LogP contribution in [0.4, 0.5) is 0 Å². The zero-order valence-electron chi connectivity index (χ0n) is 14.8. The van der Waals surface area contributed by atoms with Crippen molar-refractivity contribution in [3.05, 3.63) is 74.8 Å². The van der Waals surface area contributed by atoms with E-state index in [2.05, 4.69) is 4.98 Å². The summed E-state index contributed by atoms with van der Waals surface area (Å²) in [4.78, 5) is 28.6. The maximum atomic E-state index is 12.2. The molecular formula is C20H15ClN2O5. The van der Waals surface area contributed by atoms with Gasteiger partial charge in [-0.25, -0.2) is 9.78 Å². The van der Waals surface area contributed by atoms with E-state index in [1.807, 2.05) is 13.0 Å². The number of nitrogens with zero attached hydrogens (tertiary/aromatic N) is 2. The van der Waals surface area contributed by atoms with E-state index in [0.717, 1.165) is 5.56 Å². The standard InChI is InChI=1S/C20H15ClN2O5/c1-12-3-2-6-23-17(24)9-14(22-20(12)23)10-26-18(25)5-4-13-7-15(21)19-16(8-13)27-11-28-19/h2-9H,10-11H2,1H3/b5-4+. The Morgan fingerprint density at radius 2 is 2.21 bits per heavy atom. The molecule has 0 fully saturated rings. The van der Waals surface area contributed by atoms with Gasteiger partial charge in [0.15, 0.2) is 11.5 Å². The molecule has 3 aromatic rings. The quantitative estimate of drug-likeness (QED) is 0.496. The van der Waals surface area contributed by atoms with Gasteiger partial charge in [0.1, 0.15) is 12.3 Å². The molecule has 3 heterocycles. The highest BCUT2D eigenvalue weighted by molar-refractivity contribution is 6.32. The fourth-order valence-corrected chi connectivity index (χ4v) is 3.10. The van der Waals surface area contributed by atoms with Crippen LogP contribution in [0.1, 0.15) is 16.8 Å². The average molecular weight is 399 g/mol. The number of benzene rings is 1. The summed E-state index contributed by atoms with van der Waals surface area (Å²) in [6, 6.07) is 8.36. The van der Waals surface area contributed by atoms with Crippen LogP contribution in [0.2, 0.25) is 5.02 Å². The minimum Gasteiger partial charge on any atom is -0.456 e. The van der Waals surface area contributed by atoms with Crippen molar-refractivity contribution in [1.82, 2.24) is 9.38 Å². The lowest BCUT2D eigenvalue weighted by Crippen LogP contribution is -2.17. The lowest BCUT2D eigenvalue weighted by atomic mass is 10.2. The van der Waals surface area contributed by atoms with Crippen LogP contribution in [0, 0.1) is 6.92 Å². The zero-order valence-corrected chi connectivity index (χ0v) is 15.6. The van der Waals surface area contributed by atoms with Gasteiger partial charge in [0.25, 0.3) is 5.56 Å². The topological polar surface area (TPSA) is 79.1 Å². The van der Waals surface area contributed by atoms with Gasteiger partial charge < -0.3 is 14.2 Å². The Hall–Kier alpha value is -3.32. The van der Waals surface area contributed by atoms with E-state index >= 15 is 0 Å². The van der Waals surface area contributed by atoms with Crippen molar-refractivity contribution >= 4 is 29.3 Å². The van der Waals surface area contributed by atoms with Crippen molar-refractivity contribution in [2.45, 2.75) is 13.5 Å². The molecule has 0 saturated heterocycles. The highest BCUT2D eigenvalue weighted by atomic mass is 35.5. The molecule has 1 aromatic carbocycles. The van der Waals surface area contributed by atoms with E-state index in [9.17, 15) is 9.59 Å². The molecule has 0 saturated carbocycles. The van der Waals surface area contributed by atoms with Crippen LogP contribution in [0.15, 0.2) is 47.4 Å². The first kappa shape index (κ1) is 18.1. The Morgan fingerprint density at radius 1 is 1.36 bits per heavy atom. The van der Waals surface area contributed by atoms with Gasteiger partial charge in [-0.1, -0.05) is 17.7 Å². The molecule has 0 N–H and O–H groups in total. The van der Waals surface area contributed by atoms with Crippen molar-refractivity contribution in [1.29, 1.82) is 0 Å². The summed E-state index contributed by atoms with van der Waals surface area (Å²) >= 11 is 6.11. The maximum Gasteiger partial charge on any atom is 0.331 e. The average Bonchev–Trinajstić information content (AvgIpc) is 3.15. The van der Waals surface area contributed by atoms with Crippen LogP contribution in [0.5, 0.6) is 11.5 Å². The number of ether oxygens (including phenoxy) is 3. The van der Waals surface area contributed by atoms with Crippen molar-refractivity contribution in [3.63, 3.8) is 0 Å². The predicted molar refractivity (Wildman–Crippen MR) is 103 cm³/mol. The largest absolute Gasteiger partial charge is 0.456 e. The van der Waals surface area contributed by atoms with E-state index in [0.29, 0.717) is 33.4 Å². The summed E-state index contributed by atoms with van der Waals surface area (Å²) in [6.45, 7) is 1.87. The molecule has 7 nitrogen and oxygen atoms in total. The maximum absolute atomic E-state index is 12.2. The van der Waals surface area contributed by atoms with Crippen LogP contribution in [-0.4, -0.2) is 22.1 Å². The van der Waals surface area contributed by atoms with E-state index in [4.69, 9.17) is 25.8 Å². The Labute approximate surface area is 164 Å². The third-order valence-corrected chi connectivity index (χ3v) is 4.44. The van der Waals surface area contributed by atoms with Crippen molar-refractivity contribution in [2.75, 3.05) is 6.79 Å². The van der Waals surface area contributed by atoms with Crippen molar-refractivity contribution in [3.8, 4) is 11.5 Å². The summed E-state index contributed by atoms with van der Waals surface area (Å²) in [6.07, 6.45) is 4.47. The molecule has 142 valence electrons. The molecule has 1 aliphatic rings. The number of rotatable bonds is 4. The van der Waals surface area contributed by atoms with Gasteiger partial charge in [0.05, 0.1) is 10.7 Å². The number of aromatic nitrogens is 2. The molecule has 0 spiro atoms. The summed E-state index contributed by atoms with van der Waals surface area (Å²) in [5.41, 5.74) is 2.21. The lowest BCUT2D eigenvalue weighted by Gasteiger charge is -2.06. The third-order valence-electron chi connectivity index (χ3n) is 4.16. The Kier molecular flexibility index (Phi) is 4.75. The fraction of sp³-hybridized carbons (Fsp3) is 0.150. The van der Waals surface area contributed by atoms with Crippen LogP contribution >= 0.6 is 11.6 Å². The molecule has 0 bridgehead atoms. The molecule has 0 aliphatic carbocycles. The fourth-order valence-electron chi connectivity index (χ4n) is 2.82. The van der Waals surface area contributed by atoms with E-state index in [1.54, 1.807) is 30.5 Å². The third kappa shape index (κ3) is 3.57. The number of hydrogen-bond donors (Lipinski definition) is 0. The van der Waals surface area contributed by atoms with E-state index in [-0.39, 0.29) is 19.0 Å². The van der Waals surface area contributed by atoms with Gasteiger partial charge in [0.2, 0.25) is 6.79 Å². The monoisotopic (exact) mass is 398 g/mol. The second kappa shape index (κ2) is 7.36. The Morgan fingerprint density at radius 3 is 3.07 bits per heavy atom. The smallest absolute Gasteiger partial charge is 0.331 e. The first-order valence-corrected chi connectivity index (χ1v) is 8.81.